The highest BCUT2D eigenvalue weighted by molar-refractivity contribution is 5.98. The molecule has 6 nitrogen and oxygen atoms in total. The number of hydrogen-bond acceptors (Lipinski definition) is 5. The van der Waals surface area contributed by atoms with Gasteiger partial charge in [0, 0.05) is 17.2 Å². The molecule has 0 aliphatic heterocycles. The number of methoxy groups -OCH3 is 2. The molecule has 2 N–H and O–H groups in total. The third kappa shape index (κ3) is 2.81. The molecule has 1 heterocycles. The van der Waals surface area contributed by atoms with E-state index in [0.717, 1.165) is 5.56 Å². The van der Waals surface area contributed by atoms with E-state index in [1.165, 1.54) is 11.8 Å². The molecule has 3 rings (SSSR count). The van der Waals surface area contributed by atoms with Gasteiger partial charge < -0.3 is 15.2 Å². The first-order valence-corrected chi connectivity index (χ1v) is 7.31. The molecule has 0 aliphatic rings. The van der Waals surface area contributed by atoms with Crippen LogP contribution in [0.25, 0.3) is 11.3 Å². The molecule has 2 aromatic carbocycles. The monoisotopic (exact) mass is 323 g/mol. The lowest BCUT2D eigenvalue weighted by Gasteiger charge is -2.10. The average molecular weight is 323 g/mol. The van der Waals surface area contributed by atoms with Gasteiger partial charge in [0.1, 0.15) is 5.82 Å². The first-order chi connectivity index (χ1) is 11.6. The van der Waals surface area contributed by atoms with Crippen molar-refractivity contribution in [1.29, 1.82) is 0 Å². The number of nitrogen functional groups attached to an aromatic ring is 1. The number of benzene rings is 2. The van der Waals surface area contributed by atoms with Crippen LogP contribution in [0.4, 0.5) is 5.82 Å². The molecule has 0 radical (unpaired) electrons. The normalized spacial score (nSPS) is 10.4. The number of nitrogens with two attached hydrogens (primary N) is 1. The zero-order chi connectivity index (χ0) is 17.1. The van der Waals surface area contributed by atoms with Gasteiger partial charge in [-0.3, -0.25) is 4.79 Å². The first kappa shape index (κ1) is 15.6. The van der Waals surface area contributed by atoms with Crippen LogP contribution in [0, 0.1) is 0 Å². The van der Waals surface area contributed by atoms with Crippen LogP contribution in [0.5, 0.6) is 11.5 Å². The van der Waals surface area contributed by atoms with E-state index >= 15 is 0 Å². The van der Waals surface area contributed by atoms with Gasteiger partial charge in [-0.2, -0.15) is 4.68 Å². The van der Waals surface area contributed by atoms with E-state index < -0.39 is 0 Å². The predicted octanol–water partition coefficient (Wildman–Crippen LogP) is 2.84. The molecule has 0 saturated heterocycles. The van der Waals surface area contributed by atoms with Crippen molar-refractivity contribution in [2.24, 2.45) is 0 Å². The number of rotatable bonds is 4. The standard InChI is InChI=1S/C18H17N3O3/c1-23-15-9-8-13(10-16(15)24-2)18(22)21-14(11-17(19)20-21)12-6-4-3-5-7-12/h3-11H,1-2H3,(H2,19,20). The third-order valence-corrected chi connectivity index (χ3v) is 3.62. The molecular weight excluding hydrogens is 306 g/mol. The molecule has 0 bridgehead atoms. The summed E-state index contributed by atoms with van der Waals surface area (Å²) >= 11 is 0. The van der Waals surface area contributed by atoms with Gasteiger partial charge in [0.2, 0.25) is 0 Å². The molecule has 24 heavy (non-hydrogen) atoms. The van der Waals surface area contributed by atoms with Gasteiger partial charge in [-0.25, -0.2) is 0 Å². The van der Waals surface area contributed by atoms with E-state index in [1.54, 1.807) is 31.4 Å². The molecule has 0 aliphatic carbocycles. The fourth-order valence-electron chi connectivity index (χ4n) is 2.46. The summed E-state index contributed by atoms with van der Waals surface area (Å²) in [4.78, 5) is 12.9. The predicted molar refractivity (Wildman–Crippen MR) is 91.3 cm³/mol. The van der Waals surface area contributed by atoms with Crippen LogP contribution < -0.4 is 15.2 Å². The van der Waals surface area contributed by atoms with Crippen molar-refractivity contribution in [2.75, 3.05) is 20.0 Å². The van der Waals surface area contributed by atoms with Crippen LogP contribution in [0.1, 0.15) is 10.4 Å². The molecular formula is C18H17N3O3. The van der Waals surface area contributed by atoms with Gasteiger partial charge >= 0.3 is 0 Å². The lowest BCUT2D eigenvalue weighted by molar-refractivity contribution is 0.0947. The Hall–Kier alpha value is -3.28. The minimum absolute atomic E-state index is 0.280. The number of carbonyl (C=O) groups excluding carboxylic acids is 1. The van der Waals surface area contributed by atoms with Gasteiger partial charge in [0.05, 0.1) is 19.9 Å². The highest BCUT2D eigenvalue weighted by Crippen LogP contribution is 2.29. The van der Waals surface area contributed by atoms with Gasteiger partial charge in [-0.1, -0.05) is 30.3 Å². The maximum Gasteiger partial charge on any atom is 0.278 e. The Morgan fingerprint density at radius 2 is 1.71 bits per heavy atom. The molecule has 0 spiro atoms. The van der Waals surface area contributed by atoms with E-state index in [0.29, 0.717) is 22.8 Å². The Kier molecular flexibility index (Phi) is 4.20. The van der Waals surface area contributed by atoms with Crippen LogP contribution in [0.2, 0.25) is 0 Å². The van der Waals surface area contributed by atoms with Crippen molar-refractivity contribution in [3.63, 3.8) is 0 Å². The van der Waals surface area contributed by atoms with E-state index in [-0.39, 0.29) is 11.7 Å². The number of aromatic nitrogens is 2. The number of ether oxygens (including phenoxy) is 2. The van der Waals surface area contributed by atoms with Crippen molar-refractivity contribution < 1.29 is 14.3 Å². The van der Waals surface area contributed by atoms with Crippen LogP contribution >= 0.6 is 0 Å². The van der Waals surface area contributed by atoms with Crippen molar-refractivity contribution in [2.45, 2.75) is 0 Å². The number of hydrogen-bond donors (Lipinski definition) is 1. The van der Waals surface area contributed by atoms with Crippen molar-refractivity contribution >= 4 is 11.7 Å². The van der Waals surface area contributed by atoms with Crippen molar-refractivity contribution in [3.05, 3.63) is 60.2 Å². The number of anilines is 1. The van der Waals surface area contributed by atoms with Crippen LogP contribution in [-0.4, -0.2) is 29.9 Å². The summed E-state index contributed by atoms with van der Waals surface area (Å²) in [5, 5.41) is 4.13. The summed E-state index contributed by atoms with van der Waals surface area (Å²) in [6, 6.07) is 16.1. The van der Waals surface area contributed by atoms with Crippen molar-refractivity contribution in [3.8, 4) is 22.8 Å². The summed E-state index contributed by atoms with van der Waals surface area (Å²) in [5.74, 6) is 1.01. The van der Waals surface area contributed by atoms with Crippen molar-refractivity contribution in [1.82, 2.24) is 9.78 Å². The molecule has 0 unspecified atom stereocenters. The molecule has 6 heteroatoms. The highest BCUT2D eigenvalue weighted by atomic mass is 16.5. The van der Waals surface area contributed by atoms with E-state index in [9.17, 15) is 4.79 Å². The second-order valence-corrected chi connectivity index (χ2v) is 5.11. The molecule has 122 valence electrons. The zero-order valence-corrected chi connectivity index (χ0v) is 13.4. The lowest BCUT2D eigenvalue weighted by atomic mass is 10.1. The van der Waals surface area contributed by atoms with Crippen LogP contribution in [0.3, 0.4) is 0 Å². The molecule has 1 aromatic heterocycles. The van der Waals surface area contributed by atoms with E-state index in [4.69, 9.17) is 15.2 Å². The third-order valence-electron chi connectivity index (χ3n) is 3.62. The van der Waals surface area contributed by atoms with Gasteiger partial charge in [0.15, 0.2) is 11.5 Å². The topological polar surface area (TPSA) is 79.4 Å². The summed E-state index contributed by atoms with van der Waals surface area (Å²) in [6.45, 7) is 0. The Balaban J connectivity index is 2.05. The fourth-order valence-corrected chi connectivity index (χ4v) is 2.46. The van der Waals surface area contributed by atoms with E-state index in [2.05, 4.69) is 5.10 Å². The second kappa shape index (κ2) is 6.45. The fraction of sp³-hybridized carbons (Fsp3) is 0.111. The summed E-state index contributed by atoms with van der Waals surface area (Å²) in [7, 11) is 3.06. The molecule has 0 fully saturated rings. The molecule has 0 amide bonds. The Morgan fingerprint density at radius 1 is 1.00 bits per heavy atom. The Labute approximate surface area is 139 Å². The smallest absolute Gasteiger partial charge is 0.278 e. The maximum absolute atomic E-state index is 12.9. The highest BCUT2D eigenvalue weighted by Gasteiger charge is 2.18. The summed E-state index contributed by atoms with van der Waals surface area (Å²) in [6.07, 6.45) is 0. The largest absolute Gasteiger partial charge is 0.493 e. The van der Waals surface area contributed by atoms with E-state index in [1.807, 2.05) is 30.3 Å². The minimum atomic E-state index is -0.300. The van der Waals surface area contributed by atoms with Gasteiger partial charge in [-0.15, -0.1) is 5.10 Å². The lowest BCUT2D eigenvalue weighted by Crippen LogP contribution is -2.15. The number of carbonyl (C=O) groups is 1. The van der Waals surface area contributed by atoms with Crippen LogP contribution in [-0.2, 0) is 0 Å². The SMILES string of the molecule is COc1ccc(C(=O)n2nc(N)cc2-c2ccccc2)cc1OC. The minimum Gasteiger partial charge on any atom is -0.493 e. The van der Waals surface area contributed by atoms with Crippen LogP contribution in [0.15, 0.2) is 54.6 Å². The quantitative estimate of drug-likeness (QED) is 0.798. The Bertz CT molecular complexity index is 872. The average Bonchev–Trinajstić information content (AvgIpc) is 3.03. The summed E-state index contributed by atoms with van der Waals surface area (Å²) in [5.41, 5.74) is 7.72. The molecule has 3 aromatic rings. The maximum atomic E-state index is 12.9. The summed E-state index contributed by atoms with van der Waals surface area (Å²) < 4.78 is 11.7. The first-order valence-electron chi connectivity index (χ1n) is 7.31. The van der Waals surface area contributed by atoms with Gasteiger partial charge in [0.25, 0.3) is 5.91 Å². The Morgan fingerprint density at radius 3 is 2.38 bits per heavy atom. The zero-order valence-electron chi connectivity index (χ0n) is 13.4. The second-order valence-electron chi connectivity index (χ2n) is 5.11. The molecule has 0 saturated carbocycles. The van der Waals surface area contributed by atoms with Gasteiger partial charge in [-0.05, 0) is 18.2 Å². The number of nitrogens with zero attached hydrogens (tertiary/aromatic N) is 2. The molecule has 0 atom stereocenters.